The third-order valence-corrected chi connectivity index (χ3v) is 5.10. The van der Waals surface area contributed by atoms with Gasteiger partial charge in [-0.1, -0.05) is 12.1 Å². The first-order chi connectivity index (χ1) is 9.50. The summed E-state index contributed by atoms with van der Waals surface area (Å²) in [4.78, 5) is 12.0. The van der Waals surface area contributed by atoms with Crippen LogP contribution in [0, 0.1) is 5.92 Å². The summed E-state index contributed by atoms with van der Waals surface area (Å²) in [5, 5.41) is 2.79. The topological polar surface area (TPSA) is 72.5 Å². The van der Waals surface area contributed by atoms with Gasteiger partial charge in [0.2, 0.25) is 5.91 Å². The third-order valence-electron chi connectivity index (χ3n) is 3.26. The van der Waals surface area contributed by atoms with E-state index in [0.29, 0.717) is 24.5 Å². The lowest BCUT2D eigenvalue weighted by Crippen LogP contribution is -2.18. The van der Waals surface area contributed by atoms with Crippen LogP contribution in [0.15, 0.2) is 24.3 Å². The molecule has 0 radical (unpaired) electrons. The number of nitrogens with one attached hydrogen (secondary N) is 1. The predicted molar refractivity (Wildman–Crippen MR) is 77.6 cm³/mol. The number of rotatable bonds is 5. The Morgan fingerprint density at radius 1 is 1.40 bits per heavy atom. The second kappa shape index (κ2) is 6.26. The van der Waals surface area contributed by atoms with Crippen molar-refractivity contribution in [3.05, 3.63) is 24.3 Å². The minimum absolute atomic E-state index is 0.0701. The maximum Gasteiger partial charge on any atom is 0.224 e. The van der Waals surface area contributed by atoms with Crippen molar-refractivity contribution >= 4 is 21.4 Å². The van der Waals surface area contributed by atoms with Crippen molar-refractivity contribution in [2.24, 2.45) is 5.92 Å². The van der Waals surface area contributed by atoms with Gasteiger partial charge in [0.05, 0.1) is 23.8 Å². The summed E-state index contributed by atoms with van der Waals surface area (Å²) in [6.45, 7) is 2.40. The summed E-state index contributed by atoms with van der Waals surface area (Å²) in [5.74, 6) is 0.703. The van der Waals surface area contributed by atoms with Gasteiger partial charge in [0, 0.05) is 6.42 Å². The first-order valence-electron chi connectivity index (χ1n) is 6.72. The highest BCUT2D eigenvalue weighted by atomic mass is 32.2. The maximum absolute atomic E-state index is 12.0. The van der Waals surface area contributed by atoms with Gasteiger partial charge in [0.1, 0.15) is 5.75 Å². The van der Waals surface area contributed by atoms with E-state index >= 15 is 0 Å². The molecule has 0 aliphatic carbocycles. The number of ether oxygens (including phenoxy) is 1. The number of amides is 1. The molecule has 5 nitrogen and oxygen atoms in total. The van der Waals surface area contributed by atoms with E-state index in [1.54, 1.807) is 12.1 Å². The van der Waals surface area contributed by atoms with Crippen molar-refractivity contribution in [3.8, 4) is 5.75 Å². The van der Waals surface area contributed by atoms with Crippen LogP contribution in [0.2, 0.25) is 0 Å². The zero-order valence-electron chi connectivity index (χ0n) is 11.5. The molecule has 1 aromatic carbocycles. The van der Waals surface area contributed by atoms with Crippen molar-refractivity contribution in [1.29, 1.82) is 0 Å². The number of carbonyl (C=O) groups excluding carboxylic acids is 1. The van der Waals surface area contributed by atoms with Gasteiger partial charge in [-0.3, -0.25) is 4.79 Å². The second-order valence-corrected chi connectivity index (χ2v) is 7.18. The Hall–Kier alpha value is -1.56. The lowest BCUT2D eigenvalue weighted by atomic mass is 10.0. The monoisotopic (exact) mass is 297 g/mol. The van der Waals surface area contributed by atoms with Crippen LogP contribution in [-0.2, 0) is 14.6 Å². The fourth-order valence-corrected chi connectivity index (χ4v) is 4.21. The molecule has 1 aromatic rings. The molecule has 20 heavy (non-hydrogen) atoms. The van der Waals surface area contributed by atoms with E-state index in [4.69, 9.17) is 4.74 Å². The smallest absolute Gasteiger partial charge is 0.224 e. The van der Waals surface area contributed by atoms with Crippen LogP contribution in [0.25, 0.3) is 0 Å². The maximum atomic E-state index is 12.0. The number of sulfone groups is 1. The summed E-state index contributed by atoms with van der Waals surface area (Å²) >= 11 is 0. The Kier molecular flexibility index (Phi) is 4.65. The van der Waals surface area contributed by atoms with Gasteiger partial charge in [0.15, 0.2) is 9.84 Å². The Morgan fingerprint density at radius 2 is 2.15 bits per heavy atom. The first-order valence-corrected chi connectivity index (χ1v) is 8.54. The molecule has 2 rings (SSSR count). The molecule has 1 aliphatic rings. The van der Waals surface area contributed by atoms with Gasteiger partial charge in [-0.05, 0) is 31.4 Å². The summed E-state index contributed by atoms with van der Waals surface area (Å²) in [6, 6.07) is 7.22. The van der Waals surface area contributed by atoms with E-state index < -0.39 is 9.84 Å². The fraction of sp³-hybridized carbons (Fsp3) is 0.500. The minimum Gasteiger partial charge on any atom is -0.492 e. The van der Waals surface area contributed by atoms with Crippen molar-refractivity contribution in [2.75, 3.05) is 23.4 Å². The Balaban J connectivity index is 1.95. The SMILES string of the molecule is CCOc1ccccc1NC(=O)CC1CCS(=O)(=O)C1. The zero-order valence-corrected chi connectivity index (χ0v) is 12.3. The van der Waals surface area contributed by atoms with Crippen LogP contribution in [0.3, 0.4) is 0 Å². The van der Waals surface area contributed by atoms with Crippen molar-refractivity contribution in [1.82, 2.24) is 0 Å². The van der Waals surface area contributed by atoms with Gasteiger partial charge in [0.25, 0.3) is 0 Å². The zero-order chi connectivity index (χ0) is 14.6. The van der Waals surface area contributed by atoms with E-state index in [0.717, 1.165) is 0 Å². The molecular weight excluding hydrogens is 278 g/mol. The van der Waals surface area contributed by atoms with Crippen molar-refractivity contribution in [2.45, 2.75) is 19.8 Å². The molecule has 0 spiro atoms. The van der Waals surface area contributed by atoms with Gasteiger partial charge >= 0.3 is 0 Å². The molecule has 0 saturated carbocycles. The predicted octanol–water partition coefficient (Wildman–Crippen LogP) is 1.85. The van der Waals surface area contributed by atoms with Gasteiger partial charge in [-0.2, -0.15) is 0 Å². The number of hydrogen-bond donors (Lipinski definition) is 1. The number of hydrogen-bond acceptors (Lipinski definition) is 4. The average Bonchev–Trinajstić information content (AvgIpc) is 2.71. The van der Waals surface area contributed by atoms with Crippen molar-refractivity contribution < 1.29 is 17.9 Å². The Bertz CT molecular complexity index is 583. The number of anilines is 1. The highest BCUT2D eigenvalue weighted by Crippen LogP contribution is 2.26. The Morgan fingerprint density at radius 3 is 2.80 bits per heavy atom. The number of para-hydroxylation sites is 2. The summed E-state index contributed by atoms with van der Waals surface area (Å²) in [5.41, 5.74) is 0.625. The quantitative estimate of drug-likeness (QED) is 0.900. The van der Waals surface area contributed by atoms with Crippen LogP contribution < -0.4 is 10.1 Å². The second-order valence-electron chi connectivity index (χ2n) is 4.95. The lowest BCUT2D eigenvalue weighted by Gasteiger charge is -2.12. The van der Waals surface area contributed by atoms with Crippen LogP contribution >= 0.6 is 0 Å². The van der Waals surface area contributed by atoms with E-state index in [2.05, 4.69) is 5.32 Å². The van der Waals surface area contributed by atoms with Crippen LogP contribution in [0.4, 0.5) is 5.69 Å². The molecule has 1 amide bonds. The molecular formula is C14H19NO4S. The highest BCUT2D eigenvalue weighted by Gasteiger charge is 2.29. The number of benzene rings is 1. The van der Waals surface area contributed by atoms with E-state index in [-0.39, 0.29) is 29.8 Å². The molecule has 1 fully saturated rings. The summed E-state index contributed by atoms with van der Waals surface area (Å²) in [7, 11) is -2.94. The van der Waals surface area contributed by atoms with Gasteiger partial charge < -0.3 is 10.1 Å². The number of carbonyl (C=O) groups is 1. The van der Waals surface area contributed by atoms with E-state index in [1.165, 1.54) is 0 Å². The molecule has 6 heteroatoms. The van der Waals surface area contributed by atoms with Gasteiger partial charge in [-0.25, -0.2) is 8.42 Å². The van der Waals surface area contributed by atoms with E-state index in [9.17, 15) is 13.2 Å². The standard InChI is InChI=1S/C14H19NO4S/c1-2-19-13-6-4-3-5-12(13)15-14(16)9-11-7-8-20(17,18)10-11/h3-6,11H,2,7-10H2,1H3,(H,15,16). The van der Waals surface area contributed by atoms with Crippen molar-refractivity contribution in [3.63, 3.8) is 0 Å². The molecule has 1 N–H and O–H groups in total. The highest BCUT2D eigenvalue weighted by molar-refractivity contribution is 7.91. The molecule has 1 atom stereocenters. The first kappa shape index (κ1) is 14.8. The average molecular weight is 297 g/mol. The van der Waals surface area contributed by atoms with Crippen LogP contribution in [0.5, 0.6) is 5.75 Å². The Labute approximate surface area is 119 Å². The lowest BCUT2D eigenvalue weighted by molar-refractivity contribution is -0.116. The minimum atomic E-state index is -2.94. The fourth-order valence-electron chi connectivity index (χ4n) is 2.35. The summed E-state index contributed by atoms with van der Waals surface area (Å²) < 4.78 is 28.2. The summed E-state index contributed by atoms with van der Waals surface area (Å²) in [6.07, 6.45) is 0.808. The van der Waals surface area contributed by atoms with Crippen LogP contribution in [0.1, 0.15) is 19.8 Å². The van der Waals surface area contributed by atoms with E-state index in [1.807, 2.05) is 19.1 Å². The third kappa shape index (κ3) is 3.96. The largest absolute Gasteiger partial charge is 0.492 e. The normalized spacial score (nSPS) is 20.6. The molecule has 1 heterocycles. The molecule has 0 aromatic heterocycles. The molecule has 1 saturated heterocycles. The molecule has 110 valence electrons. The van der Waals surface area contributed by atoms with Gasteiger partial charge in [-0.15, -0.1) is 0 Å². The molecule has 1 aliphatic heterocycles. The molecule has 0 bridgehead atoms. The van der Waals surface area contributed by atoms with Crippen LogP contribution in [-0.4, -0.2) is 32.4 Å². The molecule has 1 unspecified atom stereocenters.